The molecular weight excluding hydrogens is 252 g/mol. The minimum atomic E-state index is -0.114. The topological polar surface area (TPSA) is 43.4 Å². The van der Waals surface area contributed by atoms with E-state index in [9.17, 15) is 9.59 Å². The summed E-state index contributed by atoms with van der Waals surface area (Å²) in [4.78, 5) is 23.2. The number of benzene rings is 1. The quantitative estimate of drug-likeness (QED) is 0.820. The number of para-hydroxylation sites is 1. The molecule has 0 spiro atoms. The van der Waals surface area contributed by atoms with E-state index < -0.39 is 0 Å². The van der Waals surface area contributed by atoms with Crippen LogP contribution in [0.15, 0.2) is 24.3 Å². The second-order valence-electron chi connectivity index (χ2n) is 6.27. The molecule has 20 heavy (non-hydrogen) atoms. The Balaban J connectivity index is 2.07. The second kappa shape index (κ2) is 5.78. The third-order valence-electron chi connectivity index (χ3n) is 4.05. The number of carbonyl (C=O) groups is 2. The molecule has 0 saturated heterocycles. The smallest absolute Gasteiger partial charge is 0.170 e. The van der Waals surface area contributed by atoms with E-state index >= 15 is 0 Å². The largest absolute Gasteiger partial charge is 0.489 e. The normalized spacial score (nSPS) is 18.4. The highest BCUT2D eigenvalue weighted by atomic mass is 16.5. The summed E-state index contributed by atoms with van der Waals surface area (Å²) in [6, 6.07) is 7.41. The van der Waals surface area contributed by atoms with Crippen molar-refractivity contribution < 1.29 is 14.3 Å². The Hall–Kier alpha value is -1.64. The molecule has 0 amide bonds. The lowest BCUT2D eigenvalue weighted by molar-refractivity contribution is -0.117. The Morgan fingerprint density at radius 2 is 2.05 bits per heavy atom. The summed E-state index contributed by atoms with van der Waals surface area (Å²) < 4.78 is 6.02. The predicted octanol–water partition coefficient (Wildman–Crippen LogP) is 3.81. The van der Waals surface area contributed by atoms with Gasteiger partial charge < -0.3 is 9.53 Å². The number of fused-ring (bicyclic) bond motifs is 1. The highest BCUT2D eigenvalue weighted by Crippen LogP contribution is 2.38. The molecule has 1 aliphatic rings. The van der Waals surface area contributed by atoms with Crippen LogP contribution in [0.25, 0.3) is 0 Å². The van der Waals surface area contributed by atoms with Crippen LogP contribution in [0, 0.1) is 5.41 Å². The van der Waals surface area contributed by atoms with Crippen molar-refractivity contribution in [3.63, 3.8) is 0 Å². The first kappa shape index (κ1) is 14.8. The van der Waals surface area contributed by atoms with E-state index in [1.165, 1.54) is 0 Å². The lowest BCUT2D eigenvalue weighted by Gasteiger charge is -2.37. The summed E-state index contributed by atoms with van der Waals surface area (Å²) in [7, 11) is 0. The minimum Gasteiger partial charge on any atom is -0.489 e. The van der Waals surface area contributed by atoms with Gasteiger partial charge in [0, 0.05) is 18.3 Å². The number of Topliss-reactive ketones (excluding diaryl/α,β-unsaturated/α-hetero) is 2. The van der Waals surface area contributed by atoms with Gasteiger partial charge in [-0.15, -0.1) is 0 Å². The molecule has 1 aromatic rings. The number of rotatable bonds is 5. The average molecular weight is 274 g/mol. The summed E-state index contributed by atoms with van der Waals surface area (Å²) in [5, 5.41) is 0. The van der Waals surface area contributed by atoms with Gasteiger partial charge in [-0.3, -0.25) is 4.79 Å². The lowest BCUT2D eigenvalue weighted by Crippen LogP contribution is -2.39. The van der Waals surface area contributed by atoms with Gasteiger partial charge in [-0.25, -0.2) is 0 Å². The fraction of sp³-hybridized carbons (Fsp3) is 0.529. The van der Waals surface area contributed by atoms with Gasteiger partial charge >= 0.3 is 0 Å². The summed E-state index contributed by atoms with van der Waals surface area (Å²) in [6.45, 7) is 5.84. The van der Waals surface area contributed by atoms with Crippen LogP contribution >= 0.6 is 0 Å². The molecule has 0 aromatic heterocycles. The maximum Gasteiger partial charge on any atom is 0.170 e. The molecule has 1 unspecified atom stereocenters. The summed E-state index contributed by atoms with van der Waals surface area (Å²) >= 11 is 0. The van der Waals surface area contributed by atoms with Crippen LogP contribution in [0.3, 0.4) is 0 Å². The Morgan fingerprint density at radius 1 is 1.35 bits per heavy atom. The zero-order valence-corrected chi connectivity index (χ0v) is 12.4. The Kier molecular flexibility index (Phi) is 4.26. The molecule has 2 rings (SSSR count). The van der Waals surface area contributed by atoms with E-state index in [4.69, 9.17) is 4.74 Å². The van der Waals surface area contributed by atoms with Crippen LogP contribution in [-0.2, 0) is 4.79 Å². The van der Waals surface area contributed by atoms with Crippen molar-refractivity contribution >= 4 is 11.6 Å². The van der Waals surface area contributed by atoms with Crippen molar-refractivity contribution in [3.05, 3.63) is 29.8 Å². The van der Waals surface area contributed by atoms with Crippen LogP contribution in [0.4, 0.5) is 0 Å². The molecular formula is C17H22O3. The van der Waals surface area contributed by atoms with Gasteiger partial charge in [0.25, 0.3) is 0 Å². The van der Waals surface area contributed by atoms with Gasteiger partial charge in [-0.05, 0) is 31.9 Å². The average Bonchev–Trinajstić information content (AvgIpc) is 2.38. The first-order valence-electron chi connectivity index (χ1n) is 7.18. The van der Waals surface area contributed by atoms with Crippen LogP contribution in [0.5, 0.6) is 5.75 Å². The molecule has 0 aliphatic carbocycles. The van der Waals surface area contributed by atoms with Gasteiger partial charge in [0.05, 0.1) is 5.56 Å². The van der Waals surface area contributed by atoms with Gasteiger partial charge in [-0.1, -0.05) is 26.0 Å². The van der Waals surface area contributed by atoms with Crippen LogP contribution in [-0.4, -0.2) is 17.7 Å². The van der Waals surface area contributed by atoms with Crippen molar-refractivity contribution in [1.29, 1.82) is 0 Å². The van der Waals surface area contributed by atoms with Gasteiger partial charge in [0.15, 0.2) is 5.78 Å². The van der Waals surface area contributed by atoms with E-state index in [1.807, 2.05) is 24.3 Å². The van der Waals surface area contributed by atoms with Crippen molar-refractivity contribution in [2.45, 2.75) is 52.6 Å². The maximum absolute atomic E-state index is 12.2. The highest BCUT2D eigenvalue weighted by molar-refractivity contribution is 5.99. The molecule has 0 fully saturated rings. The molecule has 108 valence electrons. The lowest BCUT2D eigenvalue weighted by atomic mass is 9.77. The standard InChI is InChI=1S/C17H22O3/c1-12(18)7-6-10-17(2,3)16-11-14(19)13-8-4-5-9-15(13)20-16/h4-5,8-9,16H,6-7,10-11H2,1-3H3. The Bertz CT molecular complexity index is 517. The van der Waals surface area contributed by atoms with Crippen LogP contribution in [0.2, 0.25) is 0 Å². The summed E-state index contributed by atoms with van der Waals surface area (Å²) in [5.74, 6) is 1.05. The number of ketones is 2. The first-order valence-corrected chi connectivity index (χ1v) is 7.18. The maximum atomic E-state index is 12.2. The fourth-order valence-electron chi connectivity index (χ4n) is 2.66. The predicted molar refractivity (Wildman–Crippen MR) is 78.1 cm³/mol. The molecule has 0 bridgehead atoms. The van der Waals surface area contributed by atoms with Gasteiger partial charge in [0.2, 0.25) is 0 Å². The second-order valence-corrected chi connectivity index (χ2v) is 6.27. The molecule has 0 radical (unpaired) electrons. The van der Waals surface area contributed by atoms with E-state index in [0.29, 0.717) is 24.2 Å². The molecule has 3 nitrogen and oxygen atoms in total. The number of ether oxygens (including phenoxy) is 1. The first-order chi connectivity index (χ1) is 9.40. The number of hydrogen-bond acceptors (Lipinski definition) is 3. The van der Waals surface area contributed by atoms with Gasteiger partial charge in [0.1, 0.15) is 17.6 Å². The molecule has 0 saturated carbocycles. The Labute approximate surface area is 120 Å². The molecule has 1 heterocycles. The monoisotopic (exact) mass is 274 g/mol. The molecule has 1 atom stereocenters. The van der Waals surface area contributed by atoms with Crippen molar-refractivity contribution in [2.75, 3.05) is 0 Å². The van der Waals surface area contributed by atoms with Gasteiger partial charge in [-0.2, -0.15) is 0 Å². The van der Waals surface area contributed by atoms with Crippen LogP contribution < -0.4 is 4.74 Å². The Morgan fingerprint density at radius 3 is 2.75 bits per heavy atom. The molecule has 1 aromatic carbocycles. The van der Waals surface area contributed by atoms with E-state index in [0.717, 1.165) is 12.8 Å². The van der Waals surface area contributed by atoms with Crippen molar-refractivity contribution in [3.8, 4) is 5.75 Å². The van der Waals surface area contributed by atoms with E-state index in [1.54, 1.807) is 6.92 Å². The molecule has 3 heteroatoms. The summed E-state index contributed by atoms with van der Waals surface area (Å²) in [5.41, 5.74) is 0.571. The zero-order valence-electron chi connectivity index (χ0n) is 12.4. The van der Waals surface area contributed by atoms with E-state index in [2.05, 4.69) is 13.8 Å². The fourth-order valence-corrected chi connectivity index (χ4v) is 2.66. The zero-order chi connectivity index (χ0) is 14.8. The molecule has 0 N–H and O–H groups in total. The number of hydrogen-bond donors (Lipinski definition) is 0. The van der Waals surface area contributed by atoms with E-state index in [-0.39, 0.29) is 23.1 Å². The highest BCUT2D eigenvalue weighted by Gasteiger charge is 2.37. The van der Waals surface area contributed by atoms with Crippen molar-refractivity contribution in [1.82, 2.24) is 0 Å². The third kappa shape index (κ3) is 3.27. The SMILES string of the molecule is CC(=O)CCCC(C)(C)C1CC(=O)c2ccccc2O1. The summed E-state index contributed by atoms with van der Waals surface area (Å²) in [6.07, 6.45) is 2.63. The number of carbonyl (C=O) groups excluding carboxylic acids is 2. The molecule has 1 aliphatic heterocycles. The van der Waals surface area contributed by atoms with Crippen molar-refractivity contribution in [2.24, 2.45) is 5.41 Å². The minimum absolute atomic E-state index is 0.112. The third-order valence-corrected chi connectivity index (χ3v) is 4.05. The van der Waals surface area contributed by atoms with Crippen LogP contribution in [0.1, 0.15) is 56.8 Å².